The Labute approximate surface area is 155 Å². The van der Waals surface area contributed by atoms with Crippen LogP contribution in [-0.2, 0) is 16.0 Å². The van der Waals surface area contributed by atoms with E-state index in [0.29, 0.717) is 44.3 Å². The Balaban J connectivity index is 1.33. The second-order valence-electron chi connectivity index (χ2n) is 6.13. The number of nitrogens with zero attached hydrogens (tertiary/aromatic N) is 3. The maximum absolute atomic E-state index is 12.6. The average Bonchev–Trinajstić information content (AvgIpc) is 3.38. The van der Waals surface area contributed by atoms with Crippen molar-refractivity contribution in [1.82, 2.24) is 15.0 Å². The molecule has 4 rings (SSSR count). The van der Waals surface area contributed by atoms with Crippen LogP contribution in [-0.4, -0.2) is 40.6 Å². The maximum Gasteiger partial charge on any atom is 0.227 e. The number of aryl methyl sites for hydroxylation is 1. The van der Waals surface area contributed by atoms with Crippen molar-refractivity contribution in [3.63, 3.8) is 0 Å². The fourth-order valence-corrected chi connectivity index (χ4v) is 3.62. The van der Waals surface area contributed by atoms with Gasteiger partial charge in [-0.2, -0.15) is 16.3 Å². The number of aromatic nitrogens is 2. The second-order valence-corrected chi connectivity index (χ2v) is 6.91. The summed E-state index contributed by atoms with van der Waals surface area (Å²) in [7, 11) is 0. The van der Waals surface area contributed by atoms with E-state index in [1.165, 1.54) is 0 Å². The fraction of sp³-hybridized carbons (Fsp3) is 0.316. The third-order valence-corrected chi connectivity index (χ3v) is 5.07. The van der Waals surface area contributed by atoms with E-state index in [-0.39, 0.29) is 12.0 Å². The van der Waals surface area contributed by atoms with Crippen molar-refractivity contribution in [2.45, 2.75) is 18.9 Å². The first-order valence-electron chi connectivity index (χ1n) is 8.59. The Morgan fingerprint density at radius 1 is 1.27 bits per heavy atom. The van der Waals surface area contributed by atoms with Gasteiger partial charge in [0.25, 0.3) is 0 Å². The van der Waals surface area contributed by atoms with Crippen LogP contribution in [0.3, 0.4) is 0 Å². The smallest absolute Gasteiger partial charge is 0.227 e. The minimum atomic E-state index is -0.0671. The average molecular weight is 369 g/mol. The summed E-state index contributed by atoms with van der Waals surface area (Å²) in [5, 5.41) is 7.91. The van der Waals surface area contributed by atoms with Gasteiger partial charge in [-0.05, 0) is 17.0 Å². The SMILES string of the molecule is O=C(CCc1nc(-c2ccsc2)no1)N1CCO[C@H](c2ccccc2)C1. The Hall–Kier alpha value is -2.51. The van der Waals surface area contributed by atoms with E-state index in [1.807, 2.05) is 52.1 Å². The molecule has 0 radical (unpaired) electrons. The van der Waals surface area contributed by atoms with E-state index in [0.717, 1.165) is 11.1 Å². The Kier molecular flexibility index (Phi) is 5.08. The number of carbonyl (C=O) groups is 1. The lowest BCUT2D eigenvalue weighted by Crippen LogP contribution is -2.42. The molecule has 2 aromatic heterocycles. The quantitative estimate of drug-likeness (QED) is 0.690. The van der Waals surface area contributed by atoms with Crippen molar-refractivity contribution < 1.29 is 14.1 Å². The summed E-state index contributed by atoms with van der Waals surface area (Å²) >= 11 is 1.58. The van der Waals surface area contributed by atoms with Gasteiger partial charge < -0.3 is 14.2 Å². The molecule has 0 spiro atoms. The van der Waals surface area contributed by atoms with E-state index in [2.05, 4.69) is 10.1 Å². The third-order valence-electron chi connectivity index (χ3n) is 4.39. The van der Waals surface area contributed by atoms with Crippen LogP contribution < -0.4 is 0 Å². The van der Waals surface area contributed by atoms with Crippen LogP contribution >= 0.6 is 11.3 Å². The van der Waals surface area contributed by atoms with Gasteiger partial charge in [-0.15, -0.1) is 0 Å². The molecule has 0 bridgehead atoms. The monoisotopic (exact) mass is 369 g/mol. The van der Waals surface area contributed by atoms with E-state index in [9.17, 15) is 4.79 Å². The minimum absolute atomic E-state index is 0.0671. The van der Waals surface area contributed by atoms with E-state index >= 15 is 0 Å². The van der Waals surface area contributed by atoms with Gasteiger partial charge in [0.05, 0.1) is 13.2 Å². The van der Waals surface area contributed by atoms with E-state index in [1.54, 1.807) is 11.3 Å². The number of ether oxygens (including phenoxy) is 1. The molecule has 3 aromatic rings. The van der Waals surface area contributed by atoms with Gasteiger partial charge in [0.15, 0.2) is 0 Å². The number of morpholine rings is 1. The highest BCUT2D eigenvalue weighted by molar-refractivity contribution is 7.08. The number of amides is 1. The van der Waals surface area contributed by atoms with Gasteiger partial charge in [-0.3, -0.25) is 4.79 Å². The number of rotatable bonds is 5. The summed E-state index contributed by atoms with van der Waals surface area (Å²) in [5.74, 6) is 1.15. The Morgan fingerprint density at radius 3 is 2.96 bits per heavy atom. The molecule has 1 saturated heterocycles. The molecule has 1 aliphatic rings. The lowest BCUT2D eigenvalue weighted by molar-refractivity contribution is -0.139. The predicted molar refractivity (Wildman–Crippen MR) is 97.6 cm³/mol. The molecule has 1 aromatic carbocycles. The standard InChI is InChI=1S/C19H19N3O3S/c23-18(7-6-17-20-19(21-25-17)15-8-11-26-13-15)22-9-10-24-16(12-22)14-4-2-1-3-5-14/h1-5,8,11,13,16H,6-7,9-10,12H2/t16-/m0/s1. The van der Waals surface area contributed by atoms with Crippen molar-refractivity contribution in [2.24, 2.45) is 0 Å². The molecular formula is C19H19N3O3S. The van der Waals surface area contributed by atoms with Crippen molar-refractivity contribution >= 4 is 17.2 Å². The number of carbonyl (C=O) groups excluding carboxylic acids is 1. The molecule has 0 N–H and O–H groups in total. The molecule has 0 aliphatic carbocycles. The molecule has 1 fully saturated rings. The van der Waals surface area contributed by atoms with Crippen molar-refractivity contribution in [2.75, 3.05) is 19.7 Å². The molecule has 3 heterocycles. The first-order chi connectivity index (χ1) is 12.8. The largest absolute Gasteiger partial charge is 0.370 e. The number of hydrogen-bond acceptors (Lipinski definition) is 6. The van der Waals surface area contributed by atoms with Crippen LogP contribution in [0.4, 0.5) is 0 Å². The normalized spacial score (nSPS) is 17.4. The summed E-state index contributed by atoms with van der Waals surface area (Å²) in [5.41, 5.74) is 2.04. The van der Waals surface area contributed by atoms with Gasteiger partial charge in [-0.1, -0.05) is 35.5 Å². The maximum atomic E-state index is 12.6. The first kappa shape index (κ1) is 16.9. The third kappa shape index (κ3) is 3.84. The summed E-state index contributed by atoms with van der Waals surface area (Å²) < 4.78 is 11.1. The van der Waals surface area contributed by atoms with Gasteiger partial charge in [0, 0.05) is 30.3 Å². The van der Waals surface area contributed by atoms with Crippen LogP contribution in [0.2, 0.25) is 0 Å². The summed E-state index contributed by atoms with van der Waals surface area (Å²) in [4.78, 5) is 18.8. The molecule has 1 aliphatic heterocycles. The summed E-state index contributed by atoms with van der Waals surface area (Å²) in [6.45, 7) is 1.74. The van der Waals surface area contributed by atoms with Gasteiger partial charge in [0.1, 0.15) is 6.10 Å². The molecule has 1 atom stereocenters. The molecule has 0 unspecified atom stereocenters. The lowest BCUT2D eigenvalue weighted by atomic mass is 10.1. The molecule has 7 heteroatoms. The summed E-state index contributed by atoms with van der Waals surface area (Å²) in [6.07, 6.45) is 0.735. The van der Waals surface area contributed by atoms with Gasteiger partial charge in [0.2, 0.25) is 17.6 Å². The van der Waals surface area contributed by atoms with Gasteiger partial charge in [-0.25, -0.2) is 0 Å². The minimum Gasteiger partial charge on any atom is -0.370 e. The molecule has 134 valence electrons. The zero-order chi connectivity index (χ0) is 17.8. The van der Waals surface area contributed by atoms with E-state index in [4.69, 9.17) is 9.26 Å². The van der Waals surface area contributed by atoms with Crippen LogP contribution in [0.25, 0.3) is 11.4 Å². The van der Waals surface area contributed by atoms with Crippen LogP contribution in [0.5, 0.6) is 0 Å². The molecule has 26 heavy (non-hydrogen) atoms. The Morgan fingerprint density at radius 2 is 2.15 bits per heavy atom. The van der Waals surface area contributed by atoms with Crippen molar-refractivity contribution in [3.05, 3.63) is 58.6 Å². The van der Waals surface area contributed by atoms with Gasteiger partial charge >= 0.3 is 0 Å². The number of hydrogen-bond donors (Lipinski definition) is 0. The number of thiophene rings is 1. The highest BCUT2D eigenvalue weighted by Crippen LogP contribution is 2.23. The molecule has 6 nitrogen and oxygen atoms in total. The van der Waals surface area contributed by atoms with Crippen molar-refractivity contribution in [3.8, 4) is 11.4 Å². The number of benzene rings is 1. The Bertz CT molecular complexity index is 848. The fourth-order valence-electron chi connectivity index (χ4n) is 2.98. The topological polar surface area (TPSA) is 68.5 Å². The second kappa shape index (κ2) is 7.80. The summed E-state index contributed by atoms with van der Waals surface area (Å²) in [6, 6.07) is 12.0. The highest BCUT2D eigenvalue weighted by atomic mass is 32.1. The zero-order valence-electron chi connectivity index (χ0n) is 14.2. The van der Waals surface area contributed by atoms with Crippen molar-refractivity contribution in [1.29, 1.82) is 0 Å². The van der Waals surface area contributed by atoms with Crippen LogP contribution in [0, 0.1) is 0 Å². The highest BCUT2D eigenvalue weighted by Gasteiger charge is 2.25. The zero-order valence-corrected chi connectivity index (χ0v) is 15.0. The predicted octanol–water partition coefficient (Wildman–Crippen LogP) is 3.33. The molecular weight excluding hydrogens is 350 g/mol. The molecule has 1 amide bonds. The van der Waals surface area contributed by atoms with E-state index < -0.39 is 0 Å². The van der Waals surface area contributed by atoms with Crippen LogP contribution in [0.15, 0.2) is 51.7 Å². The first-order valence-corrected chi connectivity index (χ1v) is 9.53. The lowest BCUT2D eigenvalue weighted by Gasteiger charge is -2.33. The molecule has 0 saturated carbocycles. The van der Waals surface area contributed by atoms with Crippen LogP contribution in [0.1, 0.15) is 24.0 Å².